The van der Waals surface area contributed by atoms with Crippen LogP contribution < -0.4 is 10.1 Å². The van der Waals surface area contributed by atoms with Crippen LogP contribution in [0.4, 0.5) is 8.78 Å². The maximum Gasteiger partial charge on any atom is 0.387 e. The summed E-state index contributed by atoms with van der Waals surface area (Å²) < 4.78 is 30.0. The van der Waals surface area contributed by atoms with Crippen LogP contribution in [0.3, 0.4) is 0 Å². The van der Waals surface area contributed by atoms with Gasteiger partial charge in [0.05, 0.1) is 0 Å². The number of ether oxygens (including phenoxy) is 1. The van der Waals surface area contributed by atoms with E-state index in [1.165, 1.54) is 19.3 Å². The standard InChI is InChI=1S/C14H18BrF2NO/c1-2-3-9-7-12(9)18-8-10-6-11(15)4-5-13(10)19-14(16)17/h4-6,9,12,14,18H,2-3,7-8H2,1H3. The van der Waals surface area contributed by atoms with Crippen LogP contribution in [0.25, 0.3) is 0 Å². The molecule has 1 aromatic rings. The van der Waals surface area contributed by atoms with Gasteiger partial charge in [-0.3, -0.25) is 0 Å². The molecule has 19 heavy (non-hydrogen) atoms. The molecule has 0 spiro atoms. The smallest absolute Gasteiger partial charge is 0.387 e. The largest absolute Gasteiger partial charge is 0.434 e. The molecule has 0 heterocycles. The molecule has 1 aromatic carbocycles. The number of alkyl halides is 2. The molecule has 0 radical (unpaired) electrons. The quantitative estimate of drug-likeness (QED) is 0.801. The van der Waals surface area contributed by atoms with E-state index in [4.69, 9.17) is 0 Å². The fourth-order valence-corrected chi connectivity index (χ4v) is 2.73. The third-order valence-electron chi connectivity index (χ3n) is 3.38. The van der Waals surface area contributed by atoms with Gasteiger partial charge in [0.25, 0.3) is 0 Å². The van der Waals surface area contributed by atoms with Crippen molar-refractivity contribution in [3.05, 3.63) is 28.2 Å². The van der Waals surface area contributed by atoms with Crippen LogP contribution in [0.15, 0.2) is 22.7 Å². The average Bonchev–Trinajstić information content (AvgIpc) is 3.08. The maximum absolute atomic E-state index is 12.3. The minimum absolute atomic E-state index is 0.249. The van der Waals surface area contributed by atoms with Gasteiger partial charge in [0, 0.05) is 22.6 Å². The molecule has 0 amide bonds. The maximum atomic E-state index is 12.3. The molecule has 0 aliphatic heterocycles. The number of rotatable bonds is 7. The van der Waals surface area contributed by atoms with E-state index in [-0.39, 0.29) is 5.75 Å². The first kappa shape index (κ1) is 14.7. The second-order valence-corrected chi connectivity index (χ2v) is 5.82. The molecule has 0 saturated heterocycles. The second kappa shape index (κ2) is 6.66. The van der Waals surface area contributed by atoms with E-state index in [9.17, 15) is 8.78 Å². The normalized spacial score (nSPS) is 21.7. The SMILES string of the molecule is CCCC1CC1NCc1cc(Br)ccc1OC(F)F. The number of nitrogens with one attached hydrogen (secondary N) is 1. The molecule has 1 aliphatic rings. The van der Waals surface area contributed by atoms with Crippen LogP contribution >= 0.6 is 15.9 Å². The van der Waals surface area contributed by atoms with E-state index >= 15 is 0 Å². The van der Waals surface area contributed by atoms with Gasteiger partial charge in [-0.1, -0.05) is 29.3 Å². The predicted octanol–water partition coefficient (Wildman–Crippen LogP) is 4.33. The molecule has 1 fully saturated rings. The Morgan fingerprint density at radius 2 is 2.26 bits per heavy atom. The van der Waals surface area contributed by atoms with Crippen molar-refractivity contribution in [2.75, 3.05) is 0 Å². The van der Waals surface area contributed by atoms with Crippen LogP contribution in [0, 0.1) is 5.92 Å². The highest BCUT2D eigenvalue weighted by Gasteiger charge is 2.35. The summed E-state index contributed by atoms with van der Waals surface area (Å²) in [7, 11) is 0. The summed E-state index contributed by atoms with van der Waals surface area (Å²) in [5.74, 6) is 0.995. The summed E-state index contributed by atoms with van der Waals surface area (Å²) in [6.45, 7) is -0.0429. The van der Waals surface area contributed by atoms with Gasteiger partial charge in [0.2, 0.25) is 0 Å². The van der Waals surface area contributed by atoms with E-state index in [1.54, 1.807) is 12.1 Å². The van der Waals surface area contributed by atoms with Crippen LogP contribution in [0.2, 0.25) is 0 Å². The lowest BCUT2D eigenvalue weighted by molar-refractivity contribution is -0.0505. The number of hydrogen-bond donors (Lipinski definition) is 1. The highest BCUT2D eigenvalue weighted by atomic mass is 79.9. The van der Waals surface area contributed by atoms with Crippen molar-refractivity contribution < 1.29 is 13.5 Å². The van der Waals surface area contributed by atoms with Crippen molar-refractivity contribution in [2.24, 2.45) is 5.92 Å². The van der Waals surface area contributed by atoms with Gasteiger partial charge in [-0.2, -0.15) is 8.78 Å². The summed E-state index contributed by atoms with van der Waals surface area (Å²) in [5.41, 5.74) is 0.761. The molecule has 2 atom stereocenters. The van der Waals surface area contributed by atoms with Gasteiger partial charge in [-0.25, -0.2) is 0 Å². The van der Waals surface area contributed by atoms with Crippen LogP contribution in [-0.2, 0) is 6.54 Å². The Balaban J connectivity index is 1.93. The minimum Gasteiger partial charge on any atom is -0.434 e. The summed E-state index contributed by atoms with van der Waals surface area (Å²) >= 11 is 3.35. The fourth-order valence-electron chi connectivity index (χ4n) is 2.33. The van der Waals surface area contributed by atoms with Crippen molar-refractivity contribution in [2.45, 2.75) is 45.4 Å². The van der Waals surface area contributed by atoms with Gasteiger partial charge >= 0.3 is 6.61 Å². The molecule has 0 aromatic heterocycles. The highest BCUT2D eigenvalue weighted by molar-refractivity contribution is 9.10. The van der Waals surface area contributed by atoms with Crippen molar-refractivity contribution in [3.8, 4) is 5.75 Å². The zero-order chi connectivity index (χ0) is 13.8. The van der Waals surface area contributed by atoms with Crippen LogP contribution in [-0.4, -0.2) is 12.7 Å². The first-order valence-corrected chi connectivity index (χ1v) is 7.36. The highest BCUT2D eigenvalue weighted by Crippen LogP contribution is 2.35. The van der Waals surface area contributed by atoms with E-state index in [1.807, 2.05) is 6.07 Å². The molecule has 106 valence electrons. The molecule has 5 heteroatoms. The van der Waals surface area contributed by atoms with Crippen molar-refractivity contribution in [1.29, 1.82) is 0 Å². The monoisotopic (exact) mass is 333 g/mol. The molecule has 2 nitrogen and oxygen atoms in total. The summed E-state index contributed by atoms with van der Waals surface area (Å²) in [6.07, 6.45) is 3.61. The van der Waals surface area contributed by atoms with Crippen LogP contribution in [0.5, 0.6) is 5.75 Å². The van der Waals surface area contributed by atoms with E-state index in [0.717, 1.165) is 16.0 Å². The third-order valence-corrected chi connectivity index (χ3v) is 3.87. The Labute approximate surface area is 120 Å². The van der Waals surface area contributed by atoms with Gasteiger partial charge in [0.1, 0.15) is 5.75 Å². The van der Waals surface area contributed by atoms with Gasteiger partial charge in [-0.05, 0) is 37.0 Å². The average molecular weight is 334 g/mol. The molecular formula is C14H18BrF2NO. The summed E-state index contributed by atoms with van der Waals surface area (Å²) in [5, 5.41) is 3.40. The Bertz CT molecular complexity index is 428. The molecule has 1 saturated carbocycles. The van der Waals surface area contributed by atoms with Gasteiger partial charge < -0.3 is 10.1 Å². The Morgan fingerprint density at radius 1 is 1.47 bits per heavy atom. The summed E-state index contributed by atoms with van der Waals surface area (Å²) in [4.78, 5) is 0. The van der Waals surface area contributed by atoms with Crippen molar-refractivity contribution in [3.63, 3.8) is 0 Å². The van der Waals surface area contributed by atoms with E-state index < -0.39 is 6.61 Å². The molecule has 2 unspecified atom stereocenters. The number of halogens is 3. The number of hydrogen-bond acceptors (Lipinski definition) is 2. The van der Waals surface area contributed by atoms with Gasteiger partial charge in [0.15, 0.2) is 0 Å². The van der Waals surface area contributed by atoms with Crippen molar-refractivity contribution in [1.82, 2.24) is 5.32 Å². The fraction of sp³-hybridized carbons (Fsp3) is 0.571. The molecule has 0 bridgehead atoms. The minimum atomic E-state index is -2.78. The number of benzene rings is 1. The lowest BCUT2D eigenvalue weighted by Crippen LogP contribution is -2.18. The zero-order valence-corrected chi connectivity index (χ0v) is 12.4. The first-order valence-electron chi connectivity index (χ1n) is 6.56. The second-order valence-electron chi connectivity index (χ2n) is 4.90. The zero-order valence-electron chi connectivity index (χ0n) is 10.8. The van der Waals surface area contributed by atoms with E-state index in [2.05, 4.69) is 32.9 Å². The lowest BCUT2D eigenvalue weighted by Gasteiger charge is -2.12. The molecular weight excluding hydrogens is 316 g/mol. The van der Waals surface area contributed by atoms with Gasteiger partial charge in [-0.15, -0.1) is 0 Å². The van der Waals surface area contributed by atoms with Crippen LogP contribution in [0.1, 0.15) is 31.7 Å². The first-order chi connectivity index (χ1) is 9.10. The topological polar surface area (TPSA) is 21.3 Å². The predicted molar refractivity (Wildman–Crippen MR) is 74.4 cm³/mol. The molecule has 1 aliphatic carbocycles. The molecule has 1 N–H and O–H groups in total. The lowest BCUT2D eigenvalue weighted by atomic mass is 10.2. The molecule has 2 rings (SSSR count). The Morgan fingerprint density at radius 3 is 2.95 bits per heavy atom. The van der Waals surface area contributed by atoms with E-state index in [0.29, 0.717) is 12.6 Å². The Hall–Kier alpha value is -0.680. The van der Waals surface area contributed by atoms with Crippen molar-refractivity contribution >= 4 is 15.9 Å². The third kappa shape index (κ3) is 4.42. The summed E-state index contributed by atoms with van der Waals surface area (Å²) in [6, 6.07) is 5.63. The Kier molecular flexibility index (Phi) is 5.16.